The number of nitrogens with zero attached hydrogens (tertiary/aromatic N) is 1. The number of β-amino-alcohol motifs (C(OH)–C–C–N with tert-alkyl or cyclic N) is 1. The minimum Gasteiger partial charge on any atom is -0.461 e. The van der Waals surface area contributed by atoms with Crippen LogP contribution in [0.3, 0.4) is 0 Å². The number of carbonyl (C=O) groups excluding carboxylic acids is 3. The number of piperidine rings is 1. The van der Waals surface area contributed by atoms with Gasteiger partial charge in [0.25, 0.3) is 0 Å². The number of aliphatic hydroxyl groups excluding tert-OH is 2. The molecule has 1 aromatic carbocycles. The van der Waals surface area contributed by atoms with E-state index in [2.05, 4.69) is 5.32 Å². The minimum atomic E-state index is -1.11. The molecule has 8 nitrogen and oxygen atoms in total. The van der Waals surface area contributed by atoms with Gasteiger partial charge in [-0.15, -0.1) is 0 Å². The van der Waals surface area contributed by atoms with E-state index in [-0.39, 0.29) is 50.3 Å². The van der Waals surface area contributed by atoms with Gasteiger partial charge >= 0.3 is 5.97 Å². The van der Waals surface area contributed by atoms with Crippen LogP contribution in [0.4, 0.5) is 0 Å². The van der Waals surface area contributed by atoms with Crippen LogP contribution in [0.2, 0.25) is 0 Å². The molecule has 0 aliphatic carbocycles. The summed E-state index contributed by atoms with van der Waals surface area (Å²) in [5, 5.41) is 22.4. The summed E-state index contributed by atoms with van der Waals surface area (Å²) in [4.78, 5) is 36.8. The molecule has 8 heteroatoms. The Hall–Kier alpha value is -2.45. The van der Waals surface area contributed by atoms with Gasteiger partial charge in [0.15, 0.2) is 0 Å². The molecule has 1 aliphatic rings. The maximum absolute atomic E-state index is 12.3. The molecule has 2 rings (SSSR count). The normalized spacial score (nSPS) is 21.8. The molecule has 1 fully saturated rings. The van der Waals surface area contributed by atoms with E-state index in [0.29, 0.717) is 12.8 Å². The van der Waals surface area contributed by atoms with Gasteiger partial charge in [-0.2, -0.15) is 0 Å². The number of carbonyl (C=O) groups is 3. The average Bonchev–Trinajstić information content (AvgIpc) is 2.67. The van der Waals surface area contributed by atoms with E-state index < -0.39 is 18.2 Å². The third kappa shape index (κ3) is 6.94. The molecule has 0 aromatic heterocycles. The fraction of sp³-hybridized carbons (Fsp3) is 0.550. The molecular formula is C20H28N2O6. The molecule has 1 heterocycles. The van der Waals surface area contributed by atoms with Crippen LogP contribution in [0, 0.1) is 0 Å². The smallest absolute Gasteiger partial charge is 0.306 e. The molecule has 1 aromatic rings. The molecule has 0 saturated carbocycles. The van der Waals surface area contributed by atoms with E-state index in [1.165, 1.54) is 11.8 Å². The quantitative estimate of drug-likeness (QED) is 0.435. The Labute approximate surface area is 164 Å². The van der Waals surface area contributed by atoms with Crippen molar-refractivity contribution < 1.29 is 29.3 Å². The summed E-state index contributed by atoms with van der Waals surface area (Å²) in [6.07, 6.45) is -0.723. The molecule has 2 amide bonds. The van der Waals surface area contributed by atoms with E-state index in [1.54, 1.807) is 0 Å². The standard InChI is InChI=1S/C20H28N2O6/c1-14(23)21-16-11-22(12-17(24)20(16)27)18(25)9-5-6-10-19(26)28-13-15-7-3-2-4-8-15/h2-4,7-8,16-17,20,24,27H,5-6,9-13H2,1H3,(H,21,23)/t16-,17-,20+/m0/s1. The van der Waals surface area contributed by atoms with E-state index >= 15 is 0 Å². The molecule has 0 spiro atoms. The fourth-order valence-corrected chi connectivity index (χ4v) is 3.13. The third-order valence-corrected chi connectivity index (χ3v) is 4.64. The molecule has 154 valence electrons. The van der Waals surface area contributed by atoms with Crippen molar-refractivity contribution in [3.05, 3.63) is 35.9 Å². The number of aliphatic hydroxyl groups is 2. The highest BCUT2D eigenvalue weighted by atomic mass is 16.5. The van der Waals surface area contributed by atoms with Gasteiger partial charge in [-0.05, 0) is 18.4 Å². The van der Waals surface area contributed by atoms with E-state index in [9.17, 15) is 24.6 Å². The maximum atomic E-state index is 12.3. The second-order valence-electron chi connectivity index (χ2n) is 7.02. The molecule has 28 heavy (non-hydrogen) atoms. The van der Waals surface area contributed by atoms with Crippen molar-refractivity contribution in [1.82, 2.24) is 10.2 Å². The Kier molecular flexibility index (Phi) is 8.41. The highest BCUT2D eigenvalue weighted by Crippen LogP contribution is 2.15. The van der Waals surface area contributed by atoms with Crippen LogP contribution in [0.5, 0.6) is 0 Å². The first-order valence-electron chi connectivity index (χ1n) is 9.47. The Morgan fingerprint density at radius 3 is 2.46 bits per heavy atom. The number of unbranched alkanes of at least 4 members (excludes halogenated alkanes) is 1. The molecule has 1 saturated heterocycles. The molecular weight excluding hydrogens is 364 g/mol. The first kappa shape index (κ1) is 21.8. The Bertz CT molecular complexity index is 666. The first-order valence-corrected chi connectivity index (χ1v) is 9.47. The van der Waals surface area contributed by atoms with Crippen LogP contribution < -0.4 is 5.32 Å². The number of benzene rings is 1. The summed E-state index contributed by atoms with van der Waals surface area (Å²) in [5.74, 6) is -0.822. The highest BCUT2D eigenvalue weighted by Gasteiger charge is 2.36. The molecule has 3 N–H and O–H groups in total. The van der Waals surface area contributed by atoms with Crippen molar-refractivity contribution in [2.45, 2.75) is 57.5 Å². The van der Waals surface area contributed by atoms with Crippen LogP contribution in [-0.2, 0) is 25.7 Å². The van der Waals surface area contributed by atoms with Gasteiger partial charge in [-0.25, -0.2) is 0 Å². The minimum absolute atomic E-state index is 0.0230. The van der Waals surface area contributed by atoms with Gasteiger partial charge in [0, 0.05) is 32.9 Å². The Morgan fingerprint density at radius 1 is 1.11 bits per heavy atom. The van der Waals surface area contributed by atoms with Crippen molar-refractivity contribution in [2.24, 2.45) is 0 Å². The highest BCUT2D eigenvalue weighted by molar-refractivity contribution is 5.77. The van der Waals surface area contributed by atoms with Gasteiger partial charge in [-0.3, -0.25) is 14.4 Å². The van der Waals surface area contributed by atoms with Crippen molar-refractivity contribution in [3.63, 3.8) is 0 Å². The number of esters is 1. The van der Waals surface area contributed by atoms with Gasteiger partial charge in [0.2, 0.25) is 11.8 Å². The zero-order valence-corrected chi connectivity index (χ0v) is 16.0. The van der Waals surface area contributed by atoms with Crippen LogP contribution in [0.1, 0.15) is 38.2 Å². The predicted octanol–water partition coefficient (Wildman–Crippen LogP) is 0.359. The average molecular weight is 392 g/mol. The van der Waals surface area contributed by atoms with Crippen LogP contribution >= 0.6 is 0 Å². The number of ether oxygens (including phenoxy) is 1. The van der Waals surface area contributed by atoms with E-state index in [0.717, 1.165) is 5.56 Å². The van der Waals surface area contributed by atoms with Gasteiger partial charge in [0.05, 0.1) is 12.1 Å². The summed E-state index contributed by atoms with van der Waals surface area (Å²) in [6, 6.07) is 8.71. The number of amides is 2. The monoisotopic (exact) mass is 392 g/mol. The van der Waals surface area contributed by atoms with Crippen LogP contribution in [0.15, 0.2) is 30.3 Å². The summed E-state index contributed by atoms with van der Waals surface area (Å²) in [5.41, 5.74) is 0.922. The second-order valence-corrected chi connectivity index (χ2v) is 7.02. The van der Waals surface area contributed by atoms with Gasteiger partial charge in [-0.1, -0.05) is 30.3 Å². The molecule has 1 aliphatic heterocycles. The summed E-state index contributed by atoms with van der Waals surface area (Å²) in [6.45, 7) is 1.72. The lowest BCUT2D eigenvalue weighted by atomic mass is 9.98. The summed E-state index contributed by atoms with van der Waals surface area (Å²) < 4.78 is 5.19. The number of likely N-dealkylation sites (tertiary alicyclic amines) is 1. The van der Waals surface area contributed by atoms with E-state index in [1.807, 2.05) is 30.3 Å². The molecule has 0 radical (unpaired) electrons. The predicted molar refractivity (Wildman–Crippen MR) is 101 cm³/mol. The third-order valence-electron chi connectivity index (χ3n) is 4.64. The molecule has 0 bridgehead atoms. The van der Waals surface area contributed by atoms with Crippen molar-refractivity contribution >= 4 is 17.8 Å². The molecule has 0 unspecified atom stereocenters. The summed E-state index contributed by atoms with van der Waals surface area (Å²) >= 11 is 0. The van der Waals surface area contributed by atoms with Crippen molar-refractivity contribution in [2.75, 3.05) is 13.1 Å². The first-order chi connectivity index (χ1) is 13.4. The van der Waals surface area contributed by atoms with Crippen LogP contribution in [0.25, 0.3) is 0 Å². The number of hydrogen-bond acceptors (Lipinski definition) is 6. The lowest BCUT2D eigenvalue weighted by Gasteiger charge is -2.39. The second kappa shape index (κ2) is 10.8. The topological polar surface area (TPSA) is 116 Å². The Balaban J connectivity index is 1.67. The zero-order valence-electron chi connectivity index (χ0n) is 16.0. The van der Waals surface area contributed by atoms with Gasteiger partial charge < -0.3 is 25.2 Å². The molecule has 3 atom stereocenters. The number of hydrogen-bond donors (Lipinski definition) is 3. The number of nitrogens with one attached hydrogen (secondary N) is 1. The van der Waals surface area contributed by atoms with Gasteiger partial charge in [0.1, 0.15) is 12.7 Å². The lowest BCUT2D eigenvalue weighted by molar-refractivity contribution is -0.145. The van der Waals surface area contributed by atoms with Crippen LogP contribution in [-0.4, -0.2) is 64.2 Å². The Morgan fingerprint density at radius 2 is 1.79 bits per heavy atom. The largest absolute Gasteiger partial charge is 0.461 e. The fourth-order valence-electron chi connectivity index (χ4n) is 3.13. The maximum Gasteiger partial charge on any atom is 0.306 e. The lowest BCUT2D eigenvalue weighted by Crippen LogP contribution is -2.62. The summed E-state index contributed by atoms with van der Waals surface area (Å²) in [7, 11) is 0. The SMILES string of the molecule is CC(=O)N[C@H]1CN(C(=O)CCCCC(=O)OCc2ccccc2)C[C@H](O)[C@@H]1O. The van der Waals surface area contributed by atoms with Crippen molar-refractivity contribution in [3.8, 4) is 0 Å². The van der Waals surface area contributed by atoms with Crippen molar-refractivity contribution in [1.29, 1.82) is 0 Å². The number of rotatable bonds is 8. The van der Waals surface area contributed by atoms with E-state index in [4.69, 9.17) is 4.74 Å². The zero-order chi connectivity index (χ0) is 20.5.